The van der Waals surface area contributed by atoms with Gasteiger partial charge in [0.15, 0.2) is 0 Å². The van der Waals surface area contributed by atoms with Crippen LogP contribution >= 0.6 is 11.6 Å². The minimum absolute atomic E-state index is 0.0390. The molecule has 0 fully saturated rings. The number of carboxylic acid groups (broad SMARTS) is 1. The first-order valence-corrected chi connectivity index (χ1v) is 10.1. The van der Waals surface area contributed by atoms with E-state index in [1.807, 2.05) is 0 Å². The van der Waals surface area contributed by atoms with Gasteiger partial charge >= 0.3 is 5.97 Å². The average molecular weight is 368 g/mol. The Morgan fingerprint density at radius 1 is 1.00 bits per heavy atom. The summed E-state index contributed by atoms with van der Waals surface area (Å²) in [4.78, 5) is 11.1. The van der Waals surface area contributed by atoms with Crippen molar-refractivity contribution in [2.24, 2.45) is 5.92 Å². The molecule has 0 radical (unpaired) electrons. The Hall–Kier alpha value is -1.27. The fourth-order valence-corrected chi connectivity index (χ4v) is 2.90. The summed E-state index contributed by atoms with van der Waals surface area (Å²) in [7, 11) is 0. The van der Waals surface area contributed by atoms with E-state index < -0.39 is 11.9 Å². The van der Waals surface area contributed by atoms with Crippen molar-refractivity contribution in [1.29, 1.82) is 5.26 Å². The van der Waals surface area contributed by atoms with Crippen LogP contribution in [0, 0.1) is 17.2 Å². The van der Waals surface area contributed by atoms with Gasteiger partial charge in [0.05, 0.1) is 5.92 Å². The number of unbranched alkanes of at least 4 members (excludes halogenated alkanes) is 10. The van der Waals surface area contributed by atoms with E-state index in [4.69, 9.17) is 22.0 Å². The number of rotatable bonds is 16. The average Bonchev–Trinajstić information content (AvgIpc) is 2.60. The highest BCUT2D eigenvalue weighted by atomic mass is 35.5. The van der Waals surface area contributed by atoms with Crippen molar-refractivity contribution in [2.45, 2.75) is 90.4 Å². The lowest BCUT2D eigenvalue weighted by molar-refractivity contribution is -0.140. The summed E-state index contributed by atoms with van der Waals surface area (Å²) in [5.41, 5.74) is 0. The minimum atomic E-state index is -0.911. The summed E-state index contributed by atoms with van der Waals surface area (Å²) in [5, 5.41) is 17.7. The van der Waals surface area contributed by atoms with E-state index in [9.17, 15) is 4.79 Å². The van der Waals surface area contributed by atoms with Gasteiger partial charge in [-0.05, 0) is 38.2 Å². The minimum Gasteiger partial charge on any atom is -0.481 e. The van der Waals surface area contributed by atoms with Crippen LogP contribution in [0.15, 0.2) is 23.3 Å². The SMILES string of the molecule is CCCCCCCC/C=C\CCCCCCC(C=C(Cl)C#N)C(=O)O. The van der Waals surface area contributed by atoms with Crippen LogP contribution in [0.1, 0.15) is 90.4 Å². The first-order chi connectivity index (χ1) is 12.1. The highest BCUT2D eigenvalue weighted by Gasteiger charge is 2.14. The topological polar surface area (TPSA) is 61.1 Å². The zero-order chi connectivity index (χ0) is 18.8. The maximum atomic E-state index is 11.1. The molecular weight excluding hydrogens is 334 g/mol. The van der Waals surface area contributed by atoms with Crippen LogP contribution in [-0.2, 0) is 4.79 Å². The molecule has 0 amide bonds. The van der Waals surface area contributed by atoms with Crippen molar-refractivity contribution in [2.75, 3.05) is 0 Å². The Balaban J connectivity index is 3.55. The van der Waals surface area contributed by atoms with Crippen LogP contribution < -0.4 is 0 Å². The number of hydrogen-bond acceptors (Lipinski definition) is 2. The fourth-order valence-electron chi connectivity index (χ4n) is 2.75. The number of nitriles is 1. The number of allylic oxidation sites excluding steroid dienone is 3. The second-order valence-electron chi connectivity index (χ2n) is 6.59. The quantitative estimate of drug-likeness (QED) is 0.182. The first kappa shape index (κ1) is 23.7. The summed E-state index contributed by atoms with van der Waals surface area (Å²) in [6.45, 7) is 2.24. The largest absolute Gasteiger partial charge is 0.481 e. The van der Waals surface area contributed by atoms with Crippen LogP contribution in [-0.4, -0.2) is 11.1 Å². The molecule has 25 heavy (non-hydrogen) atoms. The Morgan fingerprint density at radius 2 is 1.52 bits per heavy atom. The lowest BCUT2D eigenvalue weighted by Gasteiger charge is -2.07. The highest BCUT2D eigenvalue weighted by Crippen LogP contribution is 2.16. The maximum Gasteiger partial charge on any atom is 0.310 e. The van der Waals surface area contributed by atoms with Crippen molar-refractivity contribution in [3.8, 4) is 6.07 Å². The van der Waals surface area contributed by atoms with Gasteiger partial charge in [0.1, 0.15) is 11.1 Å². The lowest BCUT2D eigenvalue weighted by atomic mass is 10.00. The predicted molar refractivity (Wildman–Crippen MR) is 106 cm³/mol. The van der Waals surface area contributed by atoms with Crippen LogP contribution in [0.2, 0.25) is 0 Å². The number of carbonyl (C=O) groups is 1. The molecule has 1 N–H and O–H groups in total. The van der Waals surface area contributed by atoms with Gasteiger partial charge in [-0.15, -0.1) is 0 Å². The van der Waals surface area contributed by atoms with Crippen molar-refractivity contribution in [3.63, 3.8) is 0 Å². The van der Waals surface area contributed by atoms with Crippen molar-refractivity contribution < 1.29 is 9.90 Å². The fraction of sp³-hybridized carbons (Fsp3) is 0.714. The lowest BCUT2D eigenvalue weighted by Crippen LogP contribution is -2.11. The number of carboxylic acids is 1. The number of aliphatic carboxylic acids is 1. The molecule has 0 aliphatic rings. The van der Waals surface area contributed by atoms with Gasteiger partial charge in [-0.25, -0.2) is 0 Å². The first-order valence-electron chi connectivity index (χ1n) is 9.77. The summed E-state index contributed by atoms with van der Waals surface area (Å²) >= 11 is 5.60. The molecule has 0 saturated heterocycles. The number of hydrogen-bond donors (Lipinski definition) is 1. The molecule has 0 heterocycles. The van der Waals surface area contributed by atoms with Crippen LogP contribution in [0.25, 0.3) is 0 Å². The Morgan fingerprint density at radius 3 is 2.04 bits per heavy atom. The molecule has 0 bridgehead atoms. The predicted octanol–water partition coefficient (Wildman–Crippen LogP) is 6.98. The van der Waals surface area contributed by atoms with Gasteiger partial charge in [0, 0.05) is 0 Å². The number of halogens is 1. The van der Waals surface area contributed by atoms with E-state index in [0.717, 1.165) is 32.1 Å². The van der Waals surface area contributed by atoms with Crippen LogP contribution in [0.5, 0.6) is 0 Å². The molecule has 0 rings (SSSR count). The van der Waals surface area contributed by atoms with Gasteiger partial charge in [-0.3, -0.25) is 4.79 Å². The molecule has 1 unspecified atom stereocenters. The molecule has 142 valence electrons. The van der Waals surface area contributed by atoms with Crippen molar-refractivity contribution >= 4 is 17.6 Å². The van der Waals surface area contributed by atoms with Crippen molar-refractivity contribution in [1.82, 2.24) is 0 Å². The molecular formula is C21H34ClNO2. The summed E-state index contributed by atoms with van der Waals surface area (Å²) in [5.74, 6) is -1.56. The zero-order valence-electron chi connectivity index (χ0n) is 15.7. The highest BCUT2D eigenvalue weighted by molar-refractivity contribution is 6.31. The molecule has 3 nitrogen and oxygen atoms in total. The zero-order valence-corrected chi connectivity index (χ0v) is 16.4. The molecule has 4 heteroatoms. The monoisotopic (exact) mass is 367 g/mol. The smallest absolute Gasteiger partial charge is 0.310 e. The van der Waals surface area contributed by atoms with Crippen LogP contribution in [0.3, 0.4) is 0 Å². The van der Waals surface area contributed by atoms with E-state index in [1.54, 1.807) is 6.07 Å². The summed E-state index contributed by atoms with van der Waals surface area (Å²) in [6.07, 6.45) is 21.0. The third-order valence-electron chi connectivity index (χ3n) is 4.30. The van der Waals surface area contributed by atoms with E-state index in [1.165, 1.54) is 51.0 Å². The third kappa shape index (κ3) is 16.0. The normalized spacial score (nSPS) is 13.1. The van der Waals surface area contributed by atoms with Gasteiger partial charge in [0.25, 0.3) is 0 Å². The molecule has 0 spiro atoms. The third-order valence-corrected chi connectivity index (χ3v) is 4.51. The van der Waals surface area contributed by atoms with Gasteiger partial charge in [-0.1, -0.05) is 82.0 Å². The Kier molecular flexibility index (Phi) is 16.7. The van der Waals surface area contributed by atoms with E-state index in [-0.39, 0.29) is 5.03 Å². The Labute approximate surface area is 158 Å². The summed E-state index contributed by atoms with van der Waals surface area (Å²) < 4.78 is 0. The van der Waals surface area contributed by atoms with E-state index >= 15 is 0 Å². The van der Waals surface area contributed by atoms with Gasteiger partial charge < -0.3 is 5.11 Å². The molecule has 0 aromatic heterocycles. The van der Waals surface area contributed by atoms with E-state index in [0.29, 0.717) is 6.42 Å². The molecule has 0 saturated carbocycles. The maximum absolute atomic E-state index is 11.1. The molecule has 0 aromatic rings. The van der Waals surface area contributed by atoms with Gasteiger partial charge in [0.2, 0.25) is 0 Å². The molecule has 0 aliphatic heterocycles. The second kappa shape index (κ2) is 17.5. The Bertz CT molecular complexity index is 438. The standard InChI is InChI=1S/C21H34ClNO2/c1-2-3-4-5-6-7-8-9-10-11-12-13-14-15-16-19(21(24)25)17-20(22)18-23/h9-10,17,19H,2-8,11-16H2,1H3,(H,24,25)/b10-9-,20-17?. The molecule has 0 aliphatic carbocycles. The molecule has 1 atom stereocenters. The van der Waals surface area contributed by atoms with Crippen molar-refractivity contribution in [3.05, 3.63) is 23.3 Å². The van der Waals surface area contributed by atoms with E-state index in [2.05, 4.69) is 19.1 Å². The molecule has 0 aromatic carbocycles. The summed E-state index contributed by atoms with van der Waals surface area (Å²) in [6, 6.07) is 1.76. The van der Waals surface area contributed by atoms with Crippen LogP contribution in [0.4, 0.5) is 0 Å². The number of nitrogens with zero attached hydrogens (tertiary/aromatic N) is 1. The second-order valence-corrected chi connectivity index (χ2v) is 7.00. The van der Waals surface area contributed by atoms with Gasteiger partial charge in [-0.2, -0.15) is 5.26 Å².